The highest BCUT2D eigenvalue weighted by Gasteiger charge is 1.62. The van der Waals surface area contributed by atoms with E-state index in [4.69, 9.17) is 51.9 Å². The van der Waals surface area contributed by atoms with Crippen molar-refractivity contribution in [3.63, 3.8) is 0 Å². The van der Waals surface area contributed by atoms with Crippen LogP contribution in [0.15, 0.2) is 0 Å². The van der Waals surface area contributed by atoms with Crippen LogP contribution in [0.4, 0.5) is 0 Å². The molecule has 0 rings (SSSR count). The van der Waals surface area contributed by atoms with Crippen molar-refractivity contribution >= 4 is 39.7 Å². The zero-order chi connectivity index (χ0) is 9.86. The van der Waals surface area contributed by atoms with Crippen molar-refractivity contribution in [2.45, 2.75) is 0 Å². The number of rotatable bonds is 0. The van der Waals surface area contributed by atoms with E-state index < -0.39 is 16.5 Å². The summed E-state index contributed by atoms with van der Waals surface area (Å²) in [5, 5.41) is 0.194. The van der Waals surface area contributed by atoms with E-state index in [0.717, 1.165) is 0 Å². The van der Waals surface area contributed by atoms with E-state index in [2.05, 4.69) is 0 Å². The van der Waals surface area contributed by atoms with Crippen LogP contribution in [-0.4, -0.2) is 24.9 Å². The van der Waals surface area contributed by atoms with Gasteiger partial charge in [0.2, 0.25) is 0 Å². The first kappa shape index (κ1) is 17.8. The van der Waals surface area contributed by atoms with Gasteiger partial charge in [0.25, 0.3) is 0 Å². The standard InChI is InChI=1S/CH2Cl2.2H3O3P/c2-1-3;2*1-4(2)3/h1H2;2*4H,(H2,1,2,3). The minimum Gasteiger partial charge on any atom is -0.326 e. The molecule has 0 bridgehead atoms. The van der Waals surface area contributed by atoms with E-state index in [1.807, 2.05) is 0 Å². The zero-order valence-corrected chi connectivity index (χ0v) is 8.58. The third-order valence-electron chi connectivity index (χ3n) is 0. The van der Waals surface area contributed by atoms with Gasteiger partial charge in [-0.15, -0.1) is 23.2 Å². The van der Waals surface area contributed by atoms with Crippen LogP contribution in [0, 0.1) is 0 Å². The molecule has 0 atom stereocenters. The SMILES string of the molecule is ClCCl.O=[PH](O)O.O=[PH](O)O. The van der Waals surface area contributed by atoms with Crippen LogP contribution in [-0.2, 0) is 9.13 Å². The third kappa shape index (κ3) is 1110. The molecule has 4 N–H and O–H groups in total. The number of alkyl halides is 2. The van der Waals surface area contributed by atoms with Crippen molar-refractivity contribution in [1.82, 2.24) is 0 Å². The molecular formula is CH8Cl2O6P2. The van der Waals surface area contributed by atoms with Gasteiger partial charge in [-0.05, 0) is 0 Å². The molecule has 10 heteroatoms. The summed E-state index contributed by atoms with van der Waals surface area (Å²) in [7, 11) is -6.26. The van der Waals surface area contributed by atoms with E-state index >= 15 is 0 Å². The summed E-state index contributed by atoms with van der Waals surface area (Å²) in [5.41, 5.74) is 0. The molecular weight excluding hydrogens is 241 g/mol. The lowest BCUT2D eigenvalue weighted by molar-refractivity contribution is 0.403. The van der Waals surface area contributed by atoms with Gasteiger partial charge in [-0.1, -0.05) is 0 Å². The van der Waals surface area contributed by atoms with E-state index in [9.17, 15) is 0 Å². The Kier molecular flexibility index (Phi) is 27.7. The van der Waals surface area contributed by atoms with Gasteiger partial charge >= 0.3 is 16.5 Å². The molecule has 0 saturated heterocycles. The van der Waals surface area contributed by atoms with Crippen LogP contribution >= 0.6 is 39.7 Å². The average molecular weight is 249 g/mol. The Hall–Kier alpha value is 0.880. The highest BCUT2D eigenvalue weighted by Crippen LogP contribution is 1.98. The Balaban J connectivity index is -0.0000000886. The van der Waals surface area contributed by atoms with Crippen LogP contribution < -0.4 is 0 Å². The monoisotopic (exact) mass is 248 g/mol. The minimum absolute atomic E-state index is 0.194. The average Bonchev–Trinajstić information content (AvgIpc) is 1.60. The normalized spacial score (nSPS) is 8.00. The second kappa shape index (κ2) is 17.1. The maximum atomic E-state index is 8.74. The molecule has 0 fully saturated rings. The molecule has 72 valence electrons. The van der Waals surface area contributed by atoms with Gasteiger partial charge in [-0.25, -0.2) is 0 Å². The number of hydrogen-bond donors (Lipinski definition) is 4. The maximum Gasteiger partial charge on any atom is 0.314 e. The fourth-order valence-corrected chi connectivity index (χ4v) is 0. The quantitative estimate of drug-likeness (QED) is 0.358. The van der Waals surface area contributed by atoms with E-state index in [1.54, 1.807) is 0 Å². The Morgan fingerprint density at radius 1 is 0.909 bits per heavy atom. The summed E-state index contributed by atoms with van der Waals surface area (Å²) < 4.78 is 17.5. The minimum atomic E-state index is -3.13. The predicted molar refractivity (Wildman–Crippen MR) is 43.5 cm³/mol. The molecule has 0 saturated carbocycles. The molecule has 0 heterocycles. The van der Waals surface area contributed by atoms with Crippen LogP contribution in [0.25, 0.3) is 0 Å². The number of halogens is 2. The van der Waals surface area contributed by atoms with Crippen molar-refractivity contribution in [2.24, 2.45) is 0 Å². The molecule has 0 aromatic rings. The van der Waals surface area contributed by atoms with Gasteiger partial charge in [0, 0.05) is 0 Å². The fraction of sp³-hybridized carbons (Fsp3) is 1.00. The molecule has 0 amide bonds. The highest BCUT2D eigenvalue weighted by molar-refractivity contribution is 7.31. The molecule has 0 aromatic carbocycles. The summed E-state index contributed by atoms with van der Waals surface area (Å²) in [4.78, 5) is 28.6. The van der Waals surface area contributed by atoms with Crippen molar-refractivity contribution in [3.8, 4) is 0 Å². The van der Waals surface area contributed by atoms with Crippen LogP contribution in [0.5, 0.6) is 0 Å². The van der Waals surface area contributed by atoms with Gasteiger partial charge in [-0.3, -0.25) is 9.13 Å². The van der Waals surface area contributed by atoms with Crippen LogP contribution in [0.2, 0.25) is 0 Å². The Morgan fingerprint density at radius 3 is 0.909 bits per heavy atom. The lowest BCUT2D eigenvalue weighted by Gasteiger charge is -1.61. The molecule has 0 spiro atoms. The van der Waals surface area contributed by atoms with Crippen molar-refractivity contribution in [3.05, 3.63) is 0 Å². The third-order valence-corrected chi connectivity index (χ3v) is 0. The molecule has 0 aliphatic carbocycles. The van der Waals surface area contributed by atoms with Crippen molar-refractivity contribution in [2.75, 3.05) is 5.34 Å². The first-order valence-corrected chi connectivity index (χ1v) is 5.51. The molecule has 0 aliphatic heterocycles. The summed E-state index contributed by atoms with van der Waals surface area (Å²) in [6, 6.07) is 0. The van der Waals surface area contributed by atoms with Gasteiger partial charge < -0.3 is 19.6 Å². The number of hydrogen-bond acceptors (Lipinski definition) is 2. The summed E-state index contributed by atoms with van der Waals surface area (Å²) in [5.74, 6) is 0. The van der Waals surface area contributed by atoms with Gasteiger partial charge in [-0.2, -0.15) is 0 Å². The van der Waals surface area contributed by atoms with Gasteiger partial charge in [0.15, 0.2) is 0 Å². The van der Waals surface area contributed by atoms with E-state index in [-0.39, 0.29) is 5.34 Å². The zero-order valence-electron chi connectivity index (χ0n) is 5.07. The van der Waals surface area contributed by atoms with Crippen molar-refractivity contribution in [1.29, 1.82) is 0 Å². The Morgan fingerprint density at radius 2 is 0.909 bits per heavy atom. The van der Waals surface area contributed by atoms with E-state index in [0.29, 0.717) is 0 Å². The second-order valence-electron chi connectivity index (χ2n) is 0.666. The lowest BCUT2D eigenvalue weighted by Crippen LogP contribution is -1.38. The topological polar surface area (TPSA) is 115 Å². The van der Waals surface area contributed by atoms with Gasteiger partial charge in [0.05, 0.1) is 5.34 Å². The fourth-order valence-electron chi connectivity index (χ4n) is 0. The first-order chi connectivity index (χ1) is 4.88. The second-order valence-corrected chi connectivity index (χ2v) is 2.60. The van der Waals surface area contributed by atoms with Crippen LogP contribution in [0.1, 0.15) is 0 Å². The van der Waals surface area contributed by atoms with E-state index in [1.165, 1.54) is 0 Å². The van der Waals surface area contributed by atoms with Crippen LogP contribution in [0.3, 0.4) is 0 Å². The largest absolute Gasteiger partial charge is 0.326 e. The molecule has 0 unspecified atom stereocenters. The summed E-state index contributed by atoms with van der Waals surface area (Å²) in [6.45, 7) is 0. The predicted octanol–water partition coefficient (Wildman–Crippen LogP) is 0.143. The smallest absolute Gasteiger partial charge is 0.314 e. The molecule has 0 aromatic heterocycles. The maximum absolute atomic E-state index is 8.74. The Labute approximate surface area is 74.3 Å². The van der Waals surface area contributed by atoms with Crippen molar-refractivity contribution < 1.29 is 28.7 Å². The molecule has 0 aliphatic rings. The Bertz CT molecular complexity index is 86.8. The first-order valence-electron chi connectivity index (χ1n) is 1.84. The summed E-state index contributed by atoms with van der Waals surface area (Å²) >= 11 is 9.53. The highest BCUT2D eigenvalue weighted by atomic mass is 35.5. The molecule has 0 radical (unpaired) electrons. The van der Waals surface area contributed by atoms with Gasteiger partial charge in [0.1, 0.15) is 0 Å². The lowest BCUT2D eigenvalue weighted by atomic mass is 11.9. The molecule has 11 heavy (non-hydrogen) atoms. The summed E-state index contributed by atoms with van der Waals surface area (Å²) in [6.07, 6.45) is 0. The molecule has 6 nitrogen and oxygen atoms in total.